The first-order valence-corrected chi connectivity index (χ1v) is 8.35. The molecule has 118 valence electrons. The molecule has 2 aliphatic heterocycles. The summed E-state index contributed by atoms with van der Waals surface area (Å²) in [6.07, 6.45) is 4.62. The van der Waals surface area contributed by atoms with Gasteiger partial charge in [-0.25, -0.2) is 0 Å². The summed E-state index contributed by atoms with van der Waals surface area (Å²) in [6.45, 7) is 7.26. The SMILES string of the molecule is Cc1cc2c(cc(=O)c1O)[C@@]13CCCC(C)(C)[C@@H]1C[C@@H]2OC3. The minimum atomic E-state index is -0.247. The van der Waals surface area contributed by atoms with Gasteiger partial charge in [0, 0.05) is 5.41 Å². The summed E-state index contributed by atoms with van der Waals surface area (Å²) < 4.78 is 6.15. The van der Waals surface area contributed by atoms with Gasteiger partial charge in [-0.2, -0.15) is 0 Å². The maximum absolute atomic E-state index is 12.3. The van der Waals surface area contributed by atoms with Crippen LogP contribution < -0.4 is 5.43 Å². The highest BCUT2D eigenvalue weighted by atomic mass is 16.5. The van der Waals surface area contributed by atoms with Crippen molar-refractivity contribution < 1.29 is 9.84 Å². The Morgan fingerprint density at radius 1 is 1.27 bits per heavy atom. The Balaban J connectivity index is 2.02. The Hall–Kier alpha value is -1.35. The summed E-state index contributed by atoms with van der Waals surface area (Å²) in [4.78, 5) is 12.3. The van der Waals surface area contributed by atoms with Gasteiger partial charge in [0.05, 0.1) is 12.7 Å². The van der Waals surface area contributed by atoms with Crippen molar-refractivity contribution in [2.45, 2.75) is 58.0 Å². The molecule has 5 rings (SSSR count). The van der Waals surface area contributed by atoms with E-state index in [1.165, 1.54) is 12.8 Å². The molecule has 2 bridgehead atoms. The predicted octanol–water partition coefficient (Wildman–Crippen LogP) is 3.60. The third-order valence-corrected chi connectivity index (χ3v) is 6.49. The van der Waals surface area contributed by atoms with Crippen LogP contribution in [0.4, 0.5) is 0 Å². The lowest BCUT2D eigenvalue weighted by Crippen LogP contribution is -2.56. The molecule has 1 aromatic carbocycles. The second-order valence-corrected chi connectivity index (χ2v) is 8.14. The minimum absolute atomic E-state index is 0.0388. The zero-order valence-electron chi connectivity index (χ0n) is 13.6. The molecule has 1 aromatic rings. The van der Waals surface area contributed by atoms with Gasteiger partial charge in [-0.1, -0.05) is 20.3 Å². The topological polar surface area (TPSA) is 46.5 Å². The van der Waals surface area contributed by atoms with Crippen molar-refractivity contribution in [2.75, 3.05) is 6.61 Å². The number of hydrogen-bond donors (Lipinski definition) is 1. The van der Waals surface area contributed by atoms with E-state index >= 15 is 0 Å². The van der Waals surface area contributed by atoms with E-state index in [2.05, 4.69) is 13.8 Å². The number of hydrogen-bond acceptors (Lipinski definition) is 3. The van der Waals surface area contributed by atoms with Crippen LogP contribution in [-0.2, 0) is 10.2 Å². The molecule has 3 heteroatoms. The standard InChI is InChI=1S/C19H24O3/c1-11-7-12-13(8-14(20)17(11)21)19-6-4-5-18(2,3)16(19)9-15(12)22-10-19/h7-8,15-16H,4-6,9-10H2,1-3H3,(H,20,21)/t15-,16-,19-/m0/s1. The van der Waals surface area contributed by atoms with E-state index in [0.717, 1.165) is 30.6 Å². The fourth-order valence-corrected chi connectivity index (χ4v) is 5.38. The number of aryl methyl sites for hydroxylation is 1. The van der Waals surface area contributed by atoms with Crippen LogP contribution in [0.1, 0.15) is 62.3 Å². The molecule has 22 heavy (non-hydrogen) atoms. The van der Waals surface area contributed by atoms with E-state index in [9.17, 15) is 9.90 Å². The van der Waals surface area contributed by atoms with Crippen molar-refractivity contribution >= 4 is 0 Å². The van der Waals surface area contributed by atoms with Crippen molar-refractivity contribution in [1.29, 1.82) is 0 Å². The van der Waals surface area contributed by atoms with E-state index in [-0.39, 0.29) is 28.1 Å². The van der Waals surface area contributed by atoms with Crippen LogP contribution >= 0.6 is 0 Å². The molecule has 1 saturated carbocycles. The second kappa shape index (κ2) is 4.35. The molecule has 0 radical (unpaired) electrons. The maximum atomic E-state index is 12.3. The van der Waals surface area contributed by atoms with Gasteiger partial charge in [-0.05, 0) is 66.3 Å². The Labute approximate surface area is 131 Å². The number of rotatable bonds is 0. The second-order valence-electron chi connectivity index (χ2n) is 8.14. The molecule has 2 heterocycles. The molecule has 0 amide bonds. The molecular formula is C19H24O3. The van der Waals surface area contributed by atoms with Crippen molar-refractivity contribution in [3.8, 4) is 5.75 Å². The highest BCUT2D eigenvalue weighted by Crippen LogP contribution is 2.62. The molecule has 2 fully saturated rings. The molecule has 2 aliphatic carbocycles. The normalized spacial score (nSPS) is 34.9. The predicted molar refractivity (Wildman–Crippen MR) is 85.2 cm³/mol. The third kappa shape index (κ3) is 1.69. The molecule has 3 nitrogen and oxygen atoms in total. The van der Waals surface area contributed by atoms with E-state index in [4.69, 9.17) is 4.74 Å². The summed E-state index contributed by atoms with van der Waals surface area (Å²) in [5.41, 5.74) is 2.94. The monoisotopic (exact) mass is 300 g/mol. The largest absolute Gasteiger partial charge is 0.504 e. The van der Waals surface area contributed by atoms with E-state index in [0.29, 0.717) is 11.5 Å². The molecule has 1 spiro atoms. The van der Waals surface area contributed by atoms with Gasteiger partial charge in [0.1, 0.15) is 0 Å². The first-order valence-electron chi connectivity index (χ1n) is 8.35. The molecule has 0 aromatic heterocycles. The van der Waals surface area contributed by atoms with Crippen LogP contribution in [0.5, 0.6) is 5.75 Å². The van der Waals surface area contributed by atoms with Crippen LogP contribution in [0.2, 0.25) is 0 Å². The summed E-state index contributed by atoms with van der Waals surface area (Å²) in [5, 5.41) is 10.1. The Kier molecular flexibility index (Phi) is 2.82. The first-order chi connectivity index (χ1) is 10.3. The van der Waals surface area contributed by atoms with Gasteiger partial charge in [-0.15, -0.1) is 0 Å². The van der Waals surface area contributed by atoms with Crippen LogP contribution in [0.25, 0.3) is 0 Å². The van der Waals surface area contributed by atoms with Crippen LogP contribution in [0.15, 0.2) is 16.9 Å². The Bertz CT molecular complexity index is 706. The first kappa shape index (κ1) is 14.3. The fraction of sp³-hybridized carbons (Fsp3) is 0.632. The van der Waals surface area contributed by atoms with E-state index < -0.39 is 0 Å². The lowest BCUT2D eigenvalue weighted by atomic mass is 9.48. The summed E-state index contributed by atoms with van der Waals surface area (Å²) >= 11 is 0. The fourth-order valence-electron chi connectivity index (χ4n) is 5.38. The van der Waals surface area contributed by atoms with Crippen molar-refractivity contribution in [3.63, 3.8) is 0 Å². The van der Waals surface area contributed by atoms with E-state index in [1.807, 2.05) is 6.07 Å². The van der Waals surface area contributed by atoms with Crippen LogP contribution in [0.3, 0.4) is 0 Å². The highest BCUT2D eigenvalue weighted by Gasteiger charge is 2.58. The van der Waals surface area contributed by atoms with Gasteiger partial charge >= 0.3 is 0 Å². The molecule has 1 saturated heterocycles. The van der Waals surface area contributed by atoms with Gasteiger partial charge in [0.2, 0.25) is 5.43 Å². The van der Waals surface area contributed by atoms with E-state index in [1.54, 1.807) is 13.0 Å². The molecule has 0 unspecified atom stereocenters. The van der Waals surface area contributed by atoms with Gasteiger partial charge in [-0.3, -0.25) is 4.79 Å². The smallest absolute Gasteiger partial charge is 0.220 e. The van der Waals surface area contributed by atoms with Crippen LogP contribution in [-0.4, -0.2) is 11.7 Å². The minimum Gasteiger partial charge on any atom is -0.504 e. The average molecular weight is 300 g/mol. The number of ether oxygens (including phenoxy) is 1. The Morgan fingerprint density at radius 2 is 2.05 bits per heavy atom. The molecule has 3 atom stereocenters. The van der Waals surface area contributed by atoms with Gasteiger partial charge in [0.25, 0.3) is 0 Å². The molecular weight excluding hydrogens is 276 g/mol. The van der Waals surface area contributed by atoms with Crippen molar-refractivity contribution in [1.82, 2.24) is 0 Å². The molecule has 4 aliphatic rings. The van der Waals surface area contributed by atoms with Gasteiger partial charge in [0.15, 0.2) is 5.75 Å². The molecule has 1 N–H and O–H groups in total. The number of aromatic hydroxyl groups is 1. The third-order valence-electron chi connectivity index (χ3n) is 6.49. The van der Waals surface area contributed by atoms with Gasteiger partial charge < -0.3 is 9.84 Å². The number of fused-ring (bicyclic) bond motifs is 1. The summed E-state index contributed by atoms with van der Waals surface area (Å²) in [5.74, 6) is 0.445. The zero-order valence-corrected chi connectivity index (χ0v) is 13.6. The highest BCUT2D eigenvalue weighted by molar-refractivity contribution is 5.46. The maximum Gasteiger partial charge on any atom is 0.220 e. The average Bonchev–Trinajstić information content (AvgIpc) is 2.59. The van der Waals surface area contributed by atoms with Crippen molar-refractivity contribution in [2.24, 2.45) is 11.3 Å². The Morgan fingerprint density at radius 3 is 2.82 bits per heavy atom. The summed E-state index contributed by atoms with van der Waals surface area (Å²) in [7, 11) is 0. The quantitative estimate of drug-likeness (QED) is 0.796. The lowest BCUT2D eigenvalue weighted by molar-refractivity contribution is -0.136. The van der Waals surface area contributed by atoms with Crippen molar-refractivity contribution in [3.05, 3.63) is 39.0 Å². The van der Waals surface area contributed by atoms with Crippen LogP contribution in [0, 0.1) is 18.3 Å². The zero-order chi connectivity index (χ0) is 15.7. The lowest BCUT2D eigenvalue weighted by Gasteiger charge is -2.60. The summed E-state index contributed by atoms with van der Waals surface area (Å²) in [6, 6.07) is 3.69.